The van der Waals surface area contributed by atoms with Gasteiger partial charge in [-0.1, -0.05) is 12.1 Å². The smallest absolute Gasteiger partial charge is 0.243 e. The highest BCUT2D eigenvalue weighted by Crippen LogP contribution is 2.23. The van der Waals surface area contributed by atoms with Gasteiger partial charge >= 0.3 is 0 Å². The van der Waals surface area contributed by atoms with E-state index in [-0.39, 0.29) is 12.5 Å². The lowest BCUT2D eigenvalue weighted by Gasteiger charge is -2.30. The van der Waals surface area contributed by atoms with E-state index in [1.165, 1.54) is 4.31 Å². The maximum atomic E-state index is 12.5. The molecular weight excluding hydrogens is 298 g/mol. The Balaban J connectivity index is 2.10. The number of aryl methyl sites for hydroxylation is 1. The van der Waals surface area contributed by atoms with Crippen molar-refractivity contribution >= 4 is 21.6 Å². The van der Waals surface area contributed by atoms with Crippen LogP contribution < -0.4 is 0 Å². The molecule has 0 atom stereocenters. The number of aliphatic hydroxyl groups is 1. The number of nitrogens with zero attached hydrogens (tertiary/aromatic N) is 1. The molecule has 6 heteroatoms. The third kappa shape index (κ3) is 3.52. The van der Waals surface area contributed by atoms with Gasteiger partial charge in [0.1, 0.15) is 0 Å². The van der Waals surface area contributed by atoms with Gasteiger partial charge < -0.3 is 5.11 Å². The minimum Gasteiger partial charge on any atom is -0.396 e. The molecular formula is C14H20ClNO3S. The topological polar surface area (TPSA) is 57.6 Å². The predicted octanol–water partition coefficient (Wildman–Crippen LogP) is 1.86. The summed E-state index contributed by atoms with van der Waals surface area (Å²) in [6, 6.07) is 6.93. The average molecular weight is 318 g/mol. The monoisotopic (exact) mass is 317 g/mol. The van der Waals surface area contributed by atoms with E-state index in [0.29, 0.717) is 23.9 Å². The van der Waals surface area contributed by atoms with Crippen LogP contribution in [-0.2, 0) is 16.4 Å². The van der Waals surface area contributed by atoms with Gasteiger partial charge in [-0.25, -0.2) is 8.42 Å². The minimum absolute atomic E-state index is 0.140. The molecule has 112 valence electrons. The lowest BCUT2D eigenvalue weighted by atomic mass is 10.00. The van der Waals surface area contributed by atoms with Gasteiger partial charge in [0, 0.05) is 25.6 Å². The Bertz CT molecular complexity index is 522. The molecule has 0 unspecified atom stereocenters. The summed E-state index contributed by atoms with van der Waals surface area (Å²) in [7, 11) is -3.41. The molecule has 1 saturated heterocycles. The highest BCUT2D eigenvalue weighted by Gasteiger charge is 2.28. The molecule has 1 fully saturated rings. The number of hydrogen-bond acceptors (Lipinski definition) is 3. The van der Waals surface area contributed by atoms with Gasteiger partial charge in [-0.15, -0.1) is 11.6 Å². The Hall–Kier alpha value is -0.620. The van der Waals surface area contributed by atoms with E-state index in [4.69, 9.17) is 16.7 Å². The van der Waals surface area contributed by atoms with Crippen LogP contribution in [0.1, 0.15) is 18.4 Å². The molecule has 4 nitrogen and oxygen atoms in total. The van der Waals surface area contributed by atoms with E-state index in [1.807, 2.05) is 12.1 Å². The molecule has 2 rings (SSSR count). The number of aliphatic hydroxyl groups excluding tert-OH is 1. The van der Waals surface area contributed by atoms with Crippen molar-refractivity contribution in [3.8, 4) is 0 Å². The highest BCUT2D eigenvalue weighted by molar-refractivity contribution is 7.89. The summed E-state index contributed by atoms with van der Waals surface area (Å²) in [6.45, 7) is 1.11. The Kier molecular flexibility index (Phi) is 5.43. The lowest BCUT2D eigenvalue weighted by Crippen LogP contribution is -2.39. The van der Waals surface area contributed by atoms with Crippen LogP contribution in [0.3, 0.4) is 0 Å². The standard InChI is InChI=1S/C14H20ClNO3S/c15-8-5-12-1-3-14(4-2-12)20(18,19)16-9-6-13(11-17)7-10-16/h1-4,13,17H,5-11H2. The molecule has 1 aliphatic heterocycles. The molecule has 1 N–H and O–H groups in total. The first kappa shape index (κ1) is 15.8. The maximum Gasteiger partial charge on any atom is 0.243 e. The van der Waals surface area contributed by atoms with E-state index in [9.17, 15) is 8.42 Å². The summed E-state index contributed by atoms with van der Waals surface area (Å²) in [5, 5.41) is 9.10. The molecule has 1 heterocycles. The number of alkyl halides is 1. The van der Waals surface area contributed by atoms with Crippen LogP contribution >= 0.6 is 11.6 Å². The van der Waals surface area contributed by atoms with Crippen LogP contribution in [0.2, 0.25) is 0 Å². The zero-order valence-corrected chi connectivity index (χ0v) is 12.9. The van der Waals surface area contributed by atoms with Crippen molar-refractivity contribution in [1.82, 2.24) is 4.31 Å². The summed E-state index contributed by atoms with van der Waals surface area (Å²) >= 11 is 5.67. The van der Waals surface area contributed by atoms with Gasteiger partial charge in [-0.2, -0.15) is 4.31 Å². The fourth-order valence-electron chi connectivity index (χ4n) is 2.42. The van der Waals surface area contributed by atoms with Crippen molar-refractivity contribution in [2.24, 2.45) is 5.92 Å². The van der Waals surface area contributed by atoms with Gasteiger partial charge in [0.2, 0.25) is 10.0 Å². The van der Waals surface area contributed by atoms with Crippen LogP contribution in [0, 0.1) is 5.92 Å². The number of benzene rings is 1. The predicted molar refractivity (Wildman–Crippen MR) is 79.4 cm³/mol. The van der Waals surface area contributed by atoms with Crippen molar-refractivity contribution in [2.75, 3.05) is 25.6 Å². The van der Waals surface area contributed by atoms with Crippen molar-refractivity contribution < 1.29 is 13.5 Å². The number of hydrogen-bond donors (Lipinski definition) is 1. The number of halogens is 1. The fraction of sp³-hybridized carbons (Fsp3) is 0.571. The van der Waals surface area contributed by atoms with Gasteiger partial charge in [-0.05, 0) is 42.9 Å². The summed E-state index contributed by atoms with van der Waals surface area (Å²) in [5.41, 5.74) is 1.04. The van der Waals surface area contributed by atoms with E-state index in [1.54, 1.807) is 12.1 Å². The highest BCUT2D eigenvalue weighted by atomic mass is 35.5. The zero-order valence-electron chi connectivity index (χ0n) is 11.3. The third-order valence-electron chi connectivity index (χ3n) is 3.78. The fourth-order valence-corrected chi connectivity index (χ4v) is 4.11. The molecule has 1 aromatic rings. The number of piperidine rings is 1. The third-order valence-corrected chi connectivity index (χ3v) is 5.88. The summed E-state index contributed by atoms with van der Waals surface area (Å²) in [6.07, 6.45) is 2.18. The van der Waals surface area contributed by atoms with Crippen LogP contribution in [0.25, 0.3) is 0 Å². The summed E-state index contributed by atoms with van der Waals surface area (Å²) < 4.78 is 26.5. The van der Waals surface area contributed by atoms with Crippen LogP contribution in [-0.4, -0.2) is 43.4 Å². The molecule has 0 saturated carbocycles. The SMILES string of the molecule is O=S(=O)(c1ccc(CCCl)cc1)N1CCC(CO)CC1. The van der Waals surface area contributed by atoms with Gasteiger partial charge in [0.15, 0.2) is 0 Å². The van der Waals surface area contributed by atoms with E-state index in [0.717, 1.165) is 24.8 Å². The minimum atomic E-state index is -3.41. The quantitative estimate of drug-likeness (QED) is 0.843. The molecule has 20 heavy (non-hydrogen) atoms. The molecule has 0 aliphatic carbocycles. The second kappa shape index (κ2) is 6.89. The Morgan fingerprint density at radius 2 is 1.80 bits per heavy atom. The summed E-state index contributed by atoms with van der Waals surface area (Å²) in [5.74, 6) is 0.758. The van der Waals surface area contributed by atoms with Crippen LogP contribution in [0.4, 0.5) is 0 Å². The summed E-state index contributed by atoms with van der Waals surface area (Å²) in [4.78, 5) is 0.332. The normalized spacial score (nSPS) is 18.3. The Morgan fingerprint density at radius 3 is 2.30 bits per heavy atom. The zero-order chi connectivity index (χ0) is 14.6. The lowest BCUT2D eigenvalue weighted by molar-refractivity contribution is 0.170. The molecule has 0 spiro atoms. The van der Waals surface area contributed by atoms with Crippen LogP contribution in [0.5, 0.6) is 0 Å². The van der Waals surface area contributed by atoms with E-state index in [2.05, 4.69) is 0 Å². The van der Waals surface area contributed by atoms with E-state index >= 15 is 0 Å². The molecule has 1 aliphatic rings. The molecule has 0 amide bonds. The largest absolute Gasteiger partial charge is 0.396 e. The molecule has 0 radical (unpaired) electrons. The van der Waals surface area contributed by atoms with Crippen molar-refractivity contribution in [1.29, 1.82) is 0 Å². The molecule has 0 bridgehead atoms. The average Bonchev–Trinajstić information content (AvgIpc) is 2.48. The van der Waals surface area contributed by atoms with Crippen molar-refractivity contribution in [2.45, 2.75) is 24.2 Å². The second-order valence-corrected chi connectivity index (χ2v) is 7.43. The first-order chi connectivity index (χ1) is 9.57. The van der Waals surface area contributed by atoms with E-state index < -0.39 is 10.0 Å². The van der Waals surface area contributed by atoms with Gasteiger partial charge in [-0.3, -0.25) is 0 Å². The number of sulfonamides is 1. The van der Waals surface area contributed by atoms with Crippen molar-refractivity contribution in [3.05, 3.63) is 29.8 Å². The first-order valence-corrected chi connectivity index (χ1v) is 8.81. The Labute approximate surface area is 125 Å². The first-order valence-electron chi connectivity index (χ1n) is 6.84. The van der Waals surface area contributed by atoms with Crippen molar-refractivity contribution in [3.63, 3.8) is 0 Å². The van der Waals surface area contributed by atoms with Crippen LogP contribution in [0.15, 0.2) is 29.2 Å². The molecule has 1 aromatic carbocycles. The second-order valence-electron chi connectivity index (χ2n) is 5.11. The number of rotatable bonds is 5. The maximum absolute atomic E-state index is 12.5. The Morgan fingerprint density at radius 1 is 1.20 bits per heavy atom. The van der Waals surface area contributed by atoms with Gasteiger partial charge in [0.05, 0.1) is 4.90 Å². The van der Waals surface area contributed by atoms with Gasteiger partial charge in [0.25, 0.3) is 0 Å². The molecule has 0 aromatic heterocycles.